The Bertz CT molecular complexity index is 1220. The molecule has 3 aromatic rings. The van der Waals surface area contributed by atoms with Gasteiger partial charge in [0.1, 0.15) is 23.1 Å². The molecule has 0 aliphatic carbocycles. The van der Waals surface area contributed by atoms with E-state index in [9.17, 15) is 9.59 Å². The largest absolute Gasteiger partial charge is 0.497 e. The molecule has 0 radical (unpaired) electrons. The molecule has 1 N–H and O–H groups in total. The highest BCUT2D eigenvalue weighted by Crippen LogP contribution is 2.45. The topological polar surface area (TPSA) is 86.3 Å². The first-order valence-electron chi connectivity index (χ1n) is 12.9. The fourth-order valence-electron chi connectivity index (χ4n) is 4.70. The first-order valence-corrected chi connectivity index (χ1v) is 12.9. The van der Waals surface area contributed by atoms with Crippen LogP contribution in [-0.4, -0.2) is 49.4 Å². The molecule has 2 unspecified atom stereocenters. The van der Waals surface area contributed by atoms with Gasteiger partial charge in [-0.3, -0.25) is 9.69 Å². The average molecular weight is 533 g/mol. The van der Waals surface area contributed by atoms with E-state index in [2.05, 4.69) is 5.32 Å². The van der Waals surface area contributed by atoms with Gasteiger partial charge in [-0.2, -0.15) is 0 Å². The van der Waals surface area contributed by atoms with E-state index < -0.39 is 23.5 Å². The summed E-state index contributed by atoms with van der Waals surface area (Å²) in [4.78, 5) is 29.1. The third-order valence-electron chi connectivity index (χ3n) is 6.61. The Morgan fingerprint density at radius 3 is 1.87 bits per heavy atom. The molecular weight excluding hydrogens is 496 g/mol. The summed E-state index contributed by atoms with van der Waals surface area (Å²) in [6.45, 7) is 7.23. The molecule has 1 heterocycles. The van der Waals surface area contributed by atoms with Gasteiger partial charge in [0, 0.05) is 11.1 Å². The number of carbonyl (C=O) groups is 2. The first-order chi connectivity index (χ1) is 18.6. The molecule has 1 aliphatic rings. The second kappa shape index (κ2) is 11.4. The Kier molecular flexibility index (Phi) is 8.16. The minimum Gasteiger partial charge on any atom is -0.497 e. The number of methoxy groups -OCH3 is 2. The van der Waals surface area contributed by atoms with Gasteiger partial charge >= 0.3 is 6.09 Å². The third kappa shape index (κ3) is 5.86. The van der Waals surface area contributed by atoms with Crippen molar-refractivity contribution < 1.29 is 28.5 Å². The Balaban J connectivity index is 1.82. The van der Waals surface area contributed by atoms with Crippen LogP contribution in [0.25, 0.3) is 0 Å². The van der Waals surface area contributed by atoms with Gasteiger partial charge in [-0.1, -0.05) is 54.6 Å². The number of ether oxygens (including phenoxy) is 4. The van der Waals surface area contributed by atoms with Gasteiger partial charge in [-0.05, 0) is 57.5 Å². The van der Waals surface area contributed by atoms with Crippen molar-refractivity contribution in [3.63, 3.8) is 0 Å². The smallest absolute Gasteiger partial charge is 0.413 e. The fourth-order valence-corrected chi connectivity index (χ4v) is 4.70. The summed E-state index contributed by atoms with van der Waals surface area (Å²) < 4.78 is 23.1. The molecule has 8 nitrogen and oxygen atoms in total. The van der Waals surface area contributed by atoms with Crippen molar-refractivity contribution in [3.05, 3.63) is 95.6 Å². The summed E-state index contributed by atoms with van der Waals surface area (Å²) in [5.74, 6) is 0.953. The van der Waals surface area contributed by atoms with Crippen LogP contribution in [0, 0.1) is 0 Å². The van der Waals surface area contributed by atoms with Gasteiger partial charge in [0.2, 0.25) is 5.91 Å². The van der Waals surface area contributed by atoms with Crippen molar-refractivity contribution in [2.24, 2.45) is 0 Å². The first kappa shape index (κ1) is 28.0. The van der Waals surface area contributed by atoms with Crippen molar-refractivity contribution in [1.29, 1.82) is 0 Å². The van der Waals surface area contributed by atoms with Crippen LogP contribution in [0.15, 0.2) is 78.9 Å². The summed E-state index contributed by atoms with van der Waals surface area (Å²) in [5.41, 5.74) is -0.00995. The van der Waals surface area contributed by atoms with Gasteiger partial charge in [0.15, 0.2) is 5.72 Å². The summed E-state index contributed by atoms with van der Waals surface area (Å²) >= 11 is 0. The number of carbonyl (C=O) groups excluding carboxylic acids is 2. The lowest BCUT2D eigenvalue weighted by atomic mass is 9.92. The number of hydrogen-bond acceptors (Lipinski definition) is 6. The van der Waals surface area contributed by atoms with E-state index in [1.165, 1.54) is 4.90 Å². The van der Waals surface area contributed by atoms with Gasteiger partial charge in [-0.15, -0.1) is 0 Å². The highest BCUT2D eigenvalue weighted by molar-refractivity contribution is 5.87. The van der Waals surface area contributed by atoms with Gasteiger partial charge in [-0.25, -0.2) is 4.79 Å². The predicted molar refractivity (Wildman–Crippen MR) is 148 cm³/mol. The summed E-state index contributed by atoms with van der Waals surface area (Å²) in [5, 5.41) is 3.05. The lowest BCUT2D eigenvalue weighted by Gasteiger charge is -2.40. The van der Waals surface area contributed by atoms with E-state index in [0.717, 1.165) is 5.56 Å². The lowest BCUT2D eigenvalue weighted by Crippen LogP contribution is -2.56. The maximum Gasteiger partial charge on any atom is 0.413 e. The van der Waals surface area contributed by atoms with Crippen LogP contribution in [0.3, 0.4) is 0 Å². The van der Waals surface area contributed by atoms with Crippen molar-refractivity contribution in [2.75, 3.05) is 20.8 Å². The van der Waals surface area contributed by atoms with Gasteiger partial charge in [0.25, 0.3) is 0 Å². The molecule has 1 aliphatic heterocycles. The Morgan fingerprint density at radius 2 is 1.41 bits per heavy atom. The maximum absolute atomic E-state index is 13.9. The van der Waals surface area contributed by atoms with E-state index in [4.69, 9.17) is 18.9 Å². The molecule has 206 valence electrons. The highest BCUT2D eigenvalue weighted by Gasteiger charge is 2.56. The number of benzene rings is 3. The maximum atomic E-state index is 13.9. The van der Waals surface area contributed by atoms with Crippen LogP contribution in [0.5, 0.6) is 11.5 Å². The second-order valence-corrected chi connectivity index (χ2v) is 10.4. The molecule has 0 bridgehead atoms. The zero-order valence-electron chi connectivity index (χ0n) is 23.3. The number of nitrogens with one attached hydrogen (secondary N) is 1. The standard InChI is InChI=1S/C31H36N2O6/c1-21(22-10-8-7-9-11-22)32-28(34)27-20-38-31(23-12-16-25(36-5)17-13-23,24-14-18-26(37-6)19-15-24)33(27)29(35)39-30(2,3)4/h7-19,21,27H,20H2,1-6H3,(H,32,34). The average Bonchev–Trinajstić information content (AvgIpc) is 3.34. The molecule has 2 amide bonds. The second-order valence-electron chi connectivity index (χ2n) is 10.4. The molecule has 8 heteroatoms. The summed E-state index contributed by atoms with van der Waals surface area (Å²) in [7, 11) is 3.17. The Hall–Kier alpha value is -4.04. The van der Waals surface area contributed by atoms with E-state index in [-0.39, 0.29) is 18.6 Å². The molecule has 2 atom stereocenters. The minimum absolute atomic E-state index is 0.0371. The van der Waals surface area contributed by atoms with E-state index in [1.807, 2.05) is 61.5 Å². The number of amides is 2. The molecule has 3 aromatic carbocycles. The minimum atomic E-state index is -1.45. The summed E-state index contributed by atoms with van der Waals surface area (Å²) in [6.07, 6.45) is -0.667. The van der Waals surface area contributed by atoms with E-state index in [1.54, 1.807) is 59.3 Å². The van der Waals surface area contributed by atoms with Crippen LogP contribution in [-0.2, 0) is 20.0 Å². The Morgan fingerprint density at radius 1 is 0.897 bits per heavy atom. The van der Waals surface area contributed by atoms with Crippen LogP contribution in [0.4, 0.5) is 4.79 Å². The molecule has 0 spiro atoms. The summed E-state index contributed by atoms with van der Waals surface area (Å²) in [6, 6.07) is 22.9. The van der Waals surface area contributed by atoms with Crippen molar-refractivity contribution in [2.45, 2.75) is 51.1 Å². The highest BCUT2D eigenvalue weighted by atomic mass is 16.6. The normalized spacial score (nSPS) is 17.3. The lowest BCUT2D eigenvalue weighted by molar-refractivity contribution is -0.127. The molecule has 1 saturated heterocycles. The monoisotopic (exact) mass is 532 g/mol. The van der Waals surface area contributed by atoms with Gasteiger partial charge in [0.05, 0.1) is 26.9 Å². The SMILES string of the molecule is COc1ccc(C2(c3ccc(OC)cc3)OCC(C(=O)NC(C)c3ccccc3)N2C(=O)OC(C)(C)C)cc1. The molecule has 39 heavy (non-hydrogen) atoms. The van der Waals surface area contributed by atoms with Crippen LogP contribution >= 0.6 is 0 Å². The molecular formula is C31H36N2O6. The number of hydrogen-bond donors (Lipinski definition) is 1. The Labute approximate surface area is 229 Å². The van der Waals surface area contributed by atoms with Crippen LogP contribution < -0.4 is 14.8 Å². The van der Waals surface area contributed by atoms with Crippen molar-refractivity contribution in [3.8, 4) is 11.5 Å². The molecule has 0 aromatic heterocycles. The zero-order valence-corrected chi connectivity index (χ0v) is 23.3. The van der Waals surface area contributed by atoms with Gasteiger partial charge < -0.3 is 24.3 Å². The number of rotatable bonds is 7. The van der Waals surface area contributed by atoms with Crippen LogP contribution in [0.2, 0.25) is 0 Å². The van der Waals surface area contributed by atoms with Crippen molar-refractivity contribution in [1.82, 2.24) is 10.2 Å². The quantitative estimate of drug-likeness (QED) is 0.438. The zero-order chi connectivity index (χ0) is 28.2. The molecule has 0 saturated carbocycles. The van der Waals surface area contributed by atoms with Crippen molar-refractivity contribution >= 4 is 12.0 Å². The third-order valence-corrected chi connectivity index (χ3v) is 6.61. The van der Waals surface area contributed by atoms with E-state index in [0.29, 0.717) is 22.6 Å². The van der Waals surface area contributed by atoms with E-state index >= 15 is 0 Å². The fraction of sp³-hybridized carbons (Fsp3) is 0.355. The molecule has 1 fully saturated rings. The predicted octanol–water partition coefficient (Wildman–Crippen LogP) is 5.42. The molecule has 4 rings (SSSR count). The van der Waals surface area contributed by atoms with Crippen LogP contribution in [0.1, 0.15) is 50.4 Å². The number of nitrogens with zero attached hydrogens (tertiary/aromatic N) is 1.